The van der Waals surface area contributed by atoms with Crippen LogP contribution in [-0.4, -0.2) is 36.2 Å². The zero-order valence-electron chi connectivity index (χ0n) is 18.7. The van der Waals surface area contributed by atoms with Gasteiger partial charge in [0.2, 0.25) is 0 Å². The number of aliphatic hydroxyl groups excluding tert-OH is 1. The zero-order chi connectivity index (χ0) is 22.4. The van der Waals surface area contributed by atoms with Crippen LogP contribution in [-0.2, 0) is 11.8 Å². The number of aliphatic hydroxyl groups is 1. The molecule has 0 unspecified atom stereocenters. The molecule has 0 saturated heterocycles. The SMILES string of the molecule is COc1ccc(-c2cc(C(C)(C)C)cc(C=N[C@H](CO)Cc3ccccc3)c2O)cc1. The summed E-state index contributed by atoms with van der Waals surface area (Å²) in [6, 6.07) is 21.4. The van der Waals surface area contributed by atoms with Gasteiger partial charge in [0.05, 0.1) is 19.8 Å². The minimum absolute atomic E-state index is 0.0591. The van der Waals surface area contributed by atoms with Crippen LogP contribution in [0.3, 0.4) is 0 Å². The van der Waals surface area contributed by atoms with Crippen LogP contribution in [0.4, 0.5) is 0 Å². The number of aromatic hydroxyl groups is 1. The number of aliphatic imine (C=N–C) groups is 1. The number of ether oxygens (including phenoxy) is 1. The van der Waals surface area contributed by atoms with E-state index in [-0.39, 0.29) is 23.8 Å². The summed E-state index contributed by atoms with van der Waals surface area (Å²) in [5.41, 5.74) is 4.41. The third-order valence-corrected chi connectivity index (χ3v) is 5.36. The second-order valence-corrected chi connectivity index (χ2v) is 8.74. The van der Waals surface area contributed by atoms with Crippen LogP contribution in [0.15, 0.2) is 71.7 Å². The maximum Gasteiger partial charge on any atom is 0.132 e. The molecule has 3 aromatic carbocycles. The van der Waals surface area contributed by atoms with E-state index in [4.69, 9.17) is 4.74 Å². The number of nitrogens with zero attached hydrogens (tertiary/aromatic N) is 1. The first-order valence-electron chi connectivity index (χ1n) is 10.5. The number of rotatable bonds is 7. The number of phenolic OH excluding ortho intramolecular Hbond substituents is 1. The molecule has 1 atom stereocenters. The van der Waals surface area contributed by atoms with Gasteiger partial charge in [0.1, 0.15) is 11.5 Å². The van der Waals surface area contributed by atoms with Crippen molar-refractivity contribution in [3.63, 3.8) is 0 Å². The number of benzene rings is 3. The van der Waals surface area contributed by atoms with E-state index in [1.165, 1.54) is 0 Å². The van der Waals surface area contributed by atoms with E-state index in [1.54, 1.807) is 13.3 Å². The molecule has 162 valence electrons. The van der Waals surface area contributed by atoms with Crippen LogP contribution in [0.2, 0.25) is 0 Å². The molecule has 0 aliphatic carbocycles. The first kappa shape index (κ1) is 22.6. The minimum Gasteiger partial charge on any atom is -0.507 e. The van der Waals surface area contributed by atoms with Gasteiger partial charge in [-0.05, 0) is 52.8 Å². The highest BCUT2D eigenvalue weighted by atomic mass is 16.5. The molecular weight excluding hydrogens is 386 g/mol. The molecule has 3 rings (SSSR count). The fraction of sp³-hybridized carbons (Fsp3) is 0.296. The first-order valence-corrected chi connectivity index (χ1v) is 10.5. The van der Waals surface area contributed by atoms with Crippen LogP contribution >= 0.6 is 0 Å². The summed E-state index contributed by atoms with van der Waals surface area (Å²) in [6.07, 6.45) is 2.32. The van der Waals surface area contributed by atoms with Gasteiger partial charge in [-0.15, -0.1) is 0 Å². The standard InChI is InChI=1S/C27H31NO3/c1-27(2,3)22-15-21(17-28-23(18-29)14-19-8-6-5-7-9-19)26(30)25(16-22)20-10-12-24(31-4)13-11-20/h5-13,15-17,23,29-30H,14,18H2,1-4H3/t23-/m0/s1. The Kier molecular flexibility index (Phi) is 7.13. The summed E-state index contributed by atoms with van der Waals surface area (Å²) in [5, 5.41) is 20.9. The van der Waals surface area contributed by atoms with Crippen molar-refractivity contribution in [2.45, 2.75) is 38.6 Å². The lowest BCUT2D eigenvalue weighted by Gasteiger charge is -2.22. The lowest BCUT2D eigenvalue weighted by atomic mass is 9.84. The van der Waals surface area contributed by atoms with Crippen LogP contribution in [0, 0.1) is 0 Å². The lowest BCUT2D eigenvalue weighted by Crippen LogP contribution is -2.15. The van der Waals surface area contributed by atoms with Gasteiger partial charge >= 0.3 is 0 Å². The second kappa shape index (κ2) is 9.80. The van der Waals surface area contributed by atoms with Gasteiger partial charge in [0.15, 0.2) is 0 Å². The quantitative estimate of drug-likeness (QED) is 0.507. The fourth-order valence-corrected chi connectivity index (χ4v) is 3.42. The van der Waals surface area contributed by atoms with Crippen molar-refractivity contribution in [2.75, 3.05) is 13.7 Å². The predicted octanol–water partition coefficient (Wildman–Crippen LogP) is 5.39. The second-order valence-electron chi connectivity index (χ2n) is 8.74. The third-order valence-electron chi connectivity index (χ3n) is 5.36. The molecule has 0 spiro atoms. The van der Waals surface area contributed by atoms with Crippen LogP contribution < -0.4 is 4.74 Å². The lowest BCUT2D eigenvalue weighted by molar-refractivity contribution is 0.266. The van der Waals surface area contributed by atoms with Crippen molar-refractivity contribution < 1.29 is 14.9 Å². The molecule has 4 nitrogen and oxygen atoms in total. The van der Waals surface area contributed by atoms with Crippen molar-refractivity contribution in [3.8, 4) is 22.6 Å². The third kappa shape index (κ3) is 5.74. The Bertz CT molecular complexity index is 1020. The van der Waals surface area contributed by atoms with Gasteiger partial charge in [-0.25, -0.2) is 0 Å². The van der Waals surface area contributed by atoms with E-state index in [1.807, 2.05) is 66.7 Å². The van der Waals surface area contributed by atoms with Crippen molar-refractivity contribution in [3.05, 3.63) is 83.4 Å². The molecule has 0 amide bonds. The van der Waals surface area contributed by atoms with E-state index in [0.717, 1.165) is 28.0 Å². The molecular formula is C27H31NO3. The number of methoxy groups -OCH3 is 1. The van der Waals surface area contributed by atoms with Gasteiger partial charge < -0.3 is 14.9 Å². The summed E-state index contributed by atoms with van der Waals surface area (Å²) >= 11 is 0. The maximum atomic E-state index is 11.0. The average molecular weight is 418 g/mol. The number of hydrogen-bond acceptors (Lipinski definition) is 4. The molecule has 0 aliphatic rings. The Labute approximate surface area is 184 Å². The number of hydrogen-bond donors (Lipinski definition) is 2. The molecule has 0 radical (unpaired) electrons. The largest absolute Gasteiger partial charge is 0.507 e. The predicted molar refractivity (Wildman–Crippen MR) is 127 cm³/mol. The summed E-state index contributed by atoms with van der Waals surface area (Å²) in [7, 11) is 1.63. The van der Waals surface area contributed by atoms with Crippen molar-refractivity contribution >= 4 is 6.21 Å². The van der Waals surface area contributed by atoms with Gasteiger partial charge in [0, 0.05) is 17.3 Å². The summed E-state index contributed by atoms with van der Waals surface area (Å²) < 4.78 is 5.26. The normalized spacial score (nSPS) is 12.8. The van der Waals surface area contributed by atoms with E-state index >= 15 is 0 Å². The smallest absolute Gasteiger partial charge is 0.132 e. The Morgan fingerprint density at radius 3 is 2.26 bits per heavy atom. The van der Waals surface area contributed by atoms with Crippen LogP contribution in [0.1, 0.15) is 37.5 Å². The molecule has 31 heavy (non-hydrogen) atoms. The Hall–Kier alpha value is -3.11. The highest BCUT2D eigenvalue weighted by Gasteiger charge is 2.19. The summed E-state index contributed by atoms with van der Waals surface area (Å²) in [5.74, 6) is 0.946. The highest BCUT2D eigenvalue weighted by Crippen LogP contribution is 2.37. The van der Waals surface area contributed by atoms with Crippen molar-refractivity contribution in [1.82, 2.24) is 0 Å². The summed E-state index contributed by atoms with van der Waals surface area (Å²) in [6.45, 7) is 6.37. The molecule has 0 fully saturated rings. The van der Waals surface area contributed by atoms with E-state index in [9.17, 15) is 10.2 Å². The molecule has 0 heterocycles. The van der Waals surface area contributed by atoms with E-state index in [2.05, 4.69) is 25.8 Å². The van der Waals surface area contributed by atoms with Gasteiger partial charge in [-0.1, -0.05) is 63.2 Å². The highest BCUT2D eigenvalue weighted by molar-refractivity contribution is 5.89. The Morgan fingerprint density at radius 2 is 1.68 bits per heavy atom. The minimum atomic E-state index is -0.274. The van der Waals surface area contributed by atoms with Crippen molar-refractivity contribution in [2.24, 2.45) is 4.99 Å². The van der Waals surface area contributed by atoms with Crippen molar-refractivity contribution in [1.29, 1.82) is 0 Å². The average Bonchev–Trinajstić information content (AvgIpc) is 2.77. The number of phenols is 1. The van der Waals surface area contributed by atoms with E-state index < -0.39 is 0 Å². The monoisotopic (exact) mass is 417 g/mol. The first-order chi connectivity index (χ1) is 14.8. The topological polar surface area (TPSA) is 62.0 Å². The van der Waals surface area contributed by atoms with E-state index in [0.29, 0.717) is 12.0 Å². The molecule has 0 bridgehead atoms. The summed E-state index contributed by atoms with van der Waals surface area (Å²) in [4.78, 5) is 4.60. The Balaban J connectivity index is 1.98. The molecule has 2 N–H and O–H groups in total. The van der Waals surface area contributed by atoms with Crippen LogP contribution in [0.25, 0.3) is 11.1 Å². The maximum absolute atomic E-state index is 11.0. The molecule has 0 saturated carbocycles. The van der Waals surface area contributed by atoms with Gasteiger partial charge in [-0.3, -0.25) is 4.99 Å². The van der Waals surface area contributed by atoms with Crippen LogP contribution in [0.5, 0.6) is 11.5 Å². The Morgan fingerprint density at radius 1 is 1.00 bits per heavy atom. The molecule has 4 heteroatoms. The van der Waals surface area contributed by atoms with Gasteiger partial charge in [-0.2, -0.15) is 0 Å². The fourth-order valence-electron chi connectivity index (χ4n) is 3.42. The van der Waals surface area contributed by atoms with Gasteiger partial charge in [0.25, 0.3) is 0 Å². The molecule has 0 aliphatic heterocycles. The zero-order valence-corrected chi connectivity index (χ0v) is 18.7. The molecule has 3 aromatic rings. The molecule has 0 aromatic heterocycles.